The molecule has 0 saturated carbocycles. The third kappa shape index (κ3) is 8.66. The molecule has 5 amide bonds. The second-order valence-corrected chi connectivity index (χ2v) is 13.8. The molecule has 3 N–H and O–H groups in total. The third-order valence-corrected chi connectivity index (χ3v) is 9.08. The Morgan fingerprint density at radius 2 is 1.56 bits per heavy atom. The van der Waals surface area contributed by atoms with Crippen LogP contribution in [0.2, 0.25) is 5.02 Å². The summed E-state index contributed by atoms with van der Waals surface area (Å²) >= 11 is 6.14. The molecule has 5 rings (SSSR count). The Morgan fingerprint density at radius 3 is 2.23 bits per heavy atom. The van der Waals surface area contributed by atoms with Crippen LogP contribution >= 0.6 is 11.6 Å². The standard InChI is InChI=1S/C37H44ClN5O5/c1-37(2,3)48-36(47)43-23-27-10-6-5-9-26(27)22-32(43)33(44)40-31(21-24-13-15-28(38)16-14-24)34(45)42-19-17-25(18-20-42)29-11-7-8-12-30(29)41-35(46)39-4/h5-16,25,31-32H,17-23H2,1-4H3,(H,40,44)(H2,39,41,46). The zero-order valence-electron chi connectivity index (χ0n) is 27.9. The topological polar surface area (TPSA) is 120 Å². The van der Waals surface area contributed by atoms with E-state index >= 15 is 0 Å². The number of ether oxygens (including phenoxy) is 1. The number of benzene rings is 3. The quantitative estimate of drug-likeness (QED) is 0.289. The Bertz CT molecular complexity index is 1630. The molecule has 11 heteroatoms. The highest BCUT2D eigenvalue weighted by Gasteiger charge is 2.39. The number of para-hydroxylation sites is 1. The van der Waals surface area contributed by atoms with E-state index in [1.54, 1.807) is 44.9 Å². The van der Waals surface area contributed by atoms with Crippen LogP contribution in [0.15, 0.2) is 72.8 Å². The third-order valence-electron chi connectivity index (χ3n) is 8.83. The smallest absolute Gasteiger partial charge is 0.411 e. The van der Waals surface area contributed by atoms with Crippen LogP contribution < -0.4 is 16.0 Å². The Balaban J connectivity index is 1.35. The van der Waals surface area contributed by atoms with Crippen molar-refractivity contribution in [3.63, 3.8) is 0 Å². The van der Waals surface area contributed by atoms with E-state index in [1.807, 2.05) is 60.7 Å². The van der Waals surface area contributed by atoms with Gasteiger partial charge in [0.15, 0.2) is 0 Å². The van der Waals surface area contributed by atoms with E-state index in [0.717, 1.165) is 27.9 Å². The minimum absolute atomic E-state index is 0.149. The molecule has 0 bridgehead atoms. The number of nitrogens with one attached hydrogen (secondary N) is 3. The first-order valence-corrected chi connectivity index (χ1v) is 16.8. The van der Waals surface area contributed by atoms with E-state index in [-0.39, 0.29) is 30.8 Å². The van der Waals surface area contributed by atoms with E-state index in [0.29, 0.717) is 37.4 Å². The van der Waals surface area contributed by atoms with Crippen molar-refractivity contribution in [2.24, 2.45) is 0 Å². The van der Waals surface area contributed by atoms with Gasteiger partial charge in [-0.15, -0.1) is 0 Å². The molecule has 10 nitrogen and oxygen atoms in total. The van der Waals surface area contributed by atoms with Crippen LogP contribution in [0.25, 0.3) is 0 Å². The van der Waals surface area contributed by atoms with Crippen LogP contribution in [-0.4, -0.2) is 71.6 Å². The number of amides is 5. The number of nitrogens with zero attached hydrogens (tertiary/aromatic N) is 2. The van der Waals surface area contributed by atoms with Gasteiger partial charge in [-0.2, -0.15) is 0 Å². The lowest BCUT2D eigenvalue weighted by Gasteiger charge is -2.38. The van der Waals surface area contributed by atoms with Gasteiger partial charge < -0.3 is 25.6 Å². The van der Waals surface area contributed by atoms with Crippen LogP contribution in [0.1, 0.15) is 61.8 Å². The predicted molar refractivity (Wildman–Crippen MR) is 186 cm³/mol. The number of likely N-dealkylation sites (tertiary alicyclic amines) is 1. The lowest BCUT2D eigenvalue weighted by molar-refractivity contribution is -0.138. The van der Waals surface area contributed by atoms with Gasteiger partial charge in [-0.1, -0.05) is 66.2 Å². The van der Waals surface area contributed by atoms with Gasteiger partial charge in [0, 0.05) is 43.7 Å². The molecule has 0 aliphatic carbocycles. The fourth-order valence-electron chi connectivity index (χ4n) is 6.38. The molecule has 1 fully saturated rings. The second kappa shape index (κ2) is 15.1. The largest absolute Gasteiger partial charge is 0.444 e. The summed E-state index contributed by atoms with van der Waals surface area (Å²) < 4.78 is 5.70. The summed E-state index contributed by atoms with van der Waals surface area (Å²) in [6.45, 7) is 6.58. The number of urea groups is 1. The van der Waals surface area contributed by atoms with Crippen molar-refractivity contribution >= 4 is 41.2 Å². The molecule has 0 spiro atoms. The molecule has 48 heavy (non-hydrogen) atoms. The molecule has 2 heterocycles. The van der Waals surface area contributed by atoms with Gasteiger partial charge in [-0.25, -0.2) is 9.59 Å². The maximum absolute atomic E-state index is 14.2. The molecule has 2 unspecified atom stereocenters. The lowest BCUT2D eigenvalue weighted by Crippen LogP contribution is -2.58. The van der Waals surface area contributed by atoms with Crippen molar-refractivity contribution in [1.29, 1.82) is 0 Å². The normalized spacial score (nSPS) is 17.1. The van der Waals surface area contributed by atoms with Gasteiger partial charge in [-0.3, -0.25) is 14.5 Å². The number of piperidine rings is 1. The van der Waals surface area contributed by atoms with Crippen molar-refractivity contribution in [2.75, 3.05) is 25.5 Å². The van der Waals surface area contributed by atoms with Crippen molar-refractivity contribution in [3.05, 3.63) is 100 Å². The van der Waals surface area contributed by atoms with Crippen molar-refractivity contribution in [2.45, 2.75) is 76.6 Å². The molecule has 3 aromatic rings. The average molecular weight is 674 g/mol. The van der Waals surface area contributed by atoms with Crippen LogP contribution in [0.4, 0.5) is 15.3 Å². The molecule has 3 aromatic carbocycles. The fraction of sp³-hybridized carbons (Fsp3) is 0.405. The second-order valence-electron chi connectivity index (χ2n) is 13.4. The van der Waals surface area contributed by atoms with Gasteiger partial charge >= 0.3 is 12.1 Å². The predicted octanol–water partition coefficient (Wildman–Crippen LogP) is 5.89. The lowest BCUT2D eigenvalue weighted by atomic mass is 9.88. The van der Waals surface area contributed by atoms with Crippen molar-refractivity contribution in [3.8, 4) is 0 Å². The van der Waals surface area contributed by atoms with Gasteiger partial charge in [0.25, 0.3) is 0 Å². The van der Waals surface area contributed by atoms with Crippen molar-refractivity contribution in [1.82, 2.24) is 20.4 Å². The maximum atomic E-state index is 14.2. The highest BCUT2D eigenvalue weighted by atomic mass is 35.5. The number of carbonyl (C=O) groups excluding carboxylic acids is 4. The highest BCUT2D eigenvalue weighted by Crippen LogP contribution is 2.33. The number of rotatable bonds is 7. The molecular formula is C37H44ClN5O5. The van der Waals surface area contributed by atoms with E-state index in [1.165, 1.54) is 4.90 Å². The number of hydrogen-bond acceptors (Lipinski definition) is 5. The minimum atomic E-state index is -0.866. The molecule has 2 aliphatic heterocycles. The van der Waals surface area contributed by atoms with Crippen LogP contribution in [0, 0.1) is 0 Å². The number of fused-ring (bicyclic) bond motifs is 1. The summed E-state index contributed by atoms with van der Waals surface area (Å²) in [6, 6.07) is 20.7. The van der Waals surface area contributed by atoms with E-state index in [9.17, 15) is 19.2 Å². The minimum Gasteiger partial charge on any atom is -0.444 e. The monoisotopic (exact) mass is 673 g/mol. The molecule has 2 aliphatic rings. The van der Waals surface area contributed by atoms with Gasteiger partial charge in [0.2, 0.25) is 11.8 Å². The summed E-state index contributed by atoms with van der Waals surface area (Å²) in [5.41, 5.74) is 3.81. The first-order valence-electron chi connectivity index (χ1n) is 16.4. The number of anilines is 1. The highest BCUT2D eigenvalue weighted by molar-refractivity contribution is 6.30. The van der Waals surface area contributed by atoms with Crippen molar-refractivity contribution < 1.29 is 23.9 Å². The molecule has 0 radical (unpaired) electrons. The zero-order valence-corrected chi connectivity index (χ0v) is 28.7. The molecular weight excluding hydrogens is 630 g/mol. The van der Waals surface area contributed by atoms with Crippen LogP contribution in [-0.2, 0) is 33.7 Å². The summed E-state index contributed by atoms with van der Waals surface area (Å²) in [5, 5.41) is 9.10. The van der Waals surface area contributed by atoms with Gasteiger partial charge in [-0.05, 0) is 80.0 Å². The molecule has 2 atom stereocenters. The Hall–Kier alpha value is -4.57. The van der Waals surface area contributed by atoms with E-state index in [2.05, 4.69) is 16.0 Å². The Labute approximate surface area is 287 Å². The van der Waals surface area contributed by atoms with Crippen LogP contribution in [0.5, 0.6) is 0 Å². The Kier molecular flexibility index (Phi) is 10.9. The SMILES string of the molecule is CNC(=O)Nc1ccccc1C1CCN(C(=O)C(Cc2ccc(Cl)cc2)NC(=O)C2Cc3ccccc3CN2C(=O)OC(C)(C)C)CC1. The van der Waals surface area contributed by atoms with Gasteiger partial charge in [0.1, 0.15) is 17.7 Å². The van der Waals surface area contributed by atoms with E-state index in [4.69, 9.17) is 16.3 Å². The number of halogens is 1. The first-order chi connectivity index (χ1) is 22.9. The molecule has 254 valence electrons. The zero-order chi connectivity index (χ0) is 34.4. The van der Waals surface area contributed by atoms with Gasteiger partial charge in [0.05, 0.1) is 6.54 Å². The summed E-state index contributed by atoms with van der Waals surface area (Å²) in [7, 11) is 1.57. The number of hydrogen-bond donors (Lipinski definition) is 3. The molecule has 0 aromatic heterocycles. The van der Waals surface area contributed by atoms with Crippen LogP contribution in [0.3, 0.4) is 0 Å². The summed E-state index contributed by atoms with van der Waals surface area (Å²) in [4.78, 5) is 57.0. The molecule has 1 saturated heterocycles. The Morgan fingerprint density at radius 1 is 0.917 bits per heavy atom. The summed E-state index contributed by atoms with van der Waals surface area (Å²) in [6.07, 6.45) is 1.39. The average Bonchev–Trinajstić information content (AvgIpc) is 3.07. The van der Waals surface area contributed by atoms with E-state index < -0.39 is 29.7 Å². The maximum Gasteiger partial charge on any atom is 0.411 e. The first kappa shape index (κ1) is 34.8. The fourth-order valence-corrected chi connectivity index (χ4v) is 6.50. The summed E-state index contributed by atoms with van der Waals surface area (Å²) in [5.74, 6) is -0.447. The number of carbonyl (C=O) groups is 4.